The van der Waals surface area contributed by atoms with E-state index in [1.165, 1.54) is 23.0 Å². The van der Waals surface area contributed by atoms with Gasteiger partial charge in [0, 0.05) is 12.4 Å². The fourth-order valence-electron chi connectivity index (χ4n) is 2.50. The van der Waals surface area contributed by atoms with Crippen molar-refractivity contribution in [3.8, 4) is 5.69 Å². The smallest absolute Gasteiger partial charge is 0.416 e. The van der Waals surface area contributed by atoms with Gasteiger partial charge in [-0.15, -0.1) is 0 Å². The van der Waals surface area contributed by atoms with Gasteiger partial charge in [-0.1, -0.05) is 0 Å². The predicted molar refractivity (Wildman–Crippen MR) is 76.2 cm³/mol. The minimum Gasteiger partial charge on any atom is -0.417 e. The Kier molecular flexibility index (Phi) is 2.72. The molecule has 5 nitrogen and oxygen atoms in total. The summed E-state index contributed by atoms with van der Waals surface area (Å²) in [4.78, 5) is 8.32. The Balaban J connectivity index is 1.92. The minimum atomic E-state index is -4.37. The summed E-state index contributed by atoms with van der Waals surface area (Å²) < 4.78 is 45.1. The number of halogens is 3. The van der Waals surface area contributed by atoms with Gasteiger partial charge in [0.05, 0.1) is 22.3 Å². The first-order valence-electron chi connectivity index (χ1n) is 6.71. The second-order valence-corrected chi connectivity index (χ2v) is 5.03. The molecule has 0 aliphatic carbocycles. The first-order valence-corrected chi connectivity index (χ1v) is 6.71. The van der Waals surface area contributed by atoms with Gasteiger partial charge in [-0.05, 0) is 31.2 Å². The lowest BCUT2D eigenvalue weighted by Gasteiger charge is -2.07. The van der Waals surface area contributed by atoms with Crippen LogP contribution in [-0.2, 0) is 6.18 Å². The van der Waals surface area contributed by atoms with E-state index in [4.69, 9.17) is 4.42 Å². The topological polar surface area (TPSA) is 56.7 Å². The molecule has 0 saturated carbocycles. The molecule has 4 rings (SSSR count). The average Bonchev–Trinajstić information content (AvgIpc) is 3.04. The van der Waals surface area contributed by atoms with Crippen LogP contribution < -0.4 is 0 Å². The Morgan fingerprint density at radius 3 is 2.43 bits per heavy atom. The van der Waals surface area contributed by atoms with Crippen molar-refractivity contribution in [1.82, 2.24) is 19.7 Å². The van der Waals surface area contributed by atoms with Crippen LogP contribution in [0.3, 0.4) is 0 Å². The highest BCUT2D eigenvalue weighted by atomic mass is 19.4. The first-order chi connectivity index (χ1) is 10.9. The number of hydrogen-bond donors (Lipinski definition) is 0. The highest BCUT2D eigenvalue weighted by Gasteiger charge is 2.30. The van der Waals surface area contributed by atoms with Crippen molar-refractivity contribution < 1.29 is 17.6 Å². The largest absolute Gasteiger partial charge is 0.417 e. The lowest BCUT2D eigenvalue weighted by Crippen LogP contribution is -2.05. The summed E-state index contributed by atoms with van der Waals surface area (Å²) in [5.41, 5.74) is 1.77. The summed E-state index contributed by atoms with van der Waals surface area (Å²) in [5, 5.41) is 5.04. The molecule has 0 fully saturated rings. The fraction of sp³-hybridized carbons (Fsp3) is 0.133. The van der Waals surface area contributed by atoms with Crippen LogP contribution >= 0.6 is 0 Å². The van der Waals surface area contributed by atoms with Crippen LogP contribution in [-0.4, -0.2) is 19.7 Å². The summed E-state index contributed by atoms with van der Waals surface area (Å²) >= 11 is 0. The number of aryl methyl sites for hydroxylation is 1. The van der Waals surface area contributed by atoms with Gasteiger partial charge in [-0.2, -0.15) is 23.0 Å². The molecule has 0 amide bonds. The molecule has 0 aliphatic heterocycles. The van der Waals surface area contributed by atoms with Gasteiger partial charge in [0.25, 0.3) is 0 Å². The van der Waals surface area contributed by atoms with Crippen molar-refractivity contribution >= 4 is 22.3 Å². The zero-order valence-corrected chi connectivity index (χ0v) is 11.8. The van der Waals surface area contributed by atoms with Crippen LogP contribution in [0.4, 0.5) is 13.2 Å². The molecule has 3 heterocycles. The van der Waals surface area contributed by atoms with Gasteiger partial charge < -0.3 is 4.42 Å². The maximum Gasteiger partial charge on any atom is 0.416 e. The molecule has 0 unspecified atom stereocenters. The average molecular weight is 318 g/mol. The van der Waals surface area contributed by atoms with Crippen molar-refractivity contribution in [2.24, 2.45) is 0 Å². The van der Waals surface area contributed by atoms with Crippen LogP contribution in [0.2, 0.25) is 0 Å². The molecule has 8 heteroatoms. The van der Waals surface area contributed by atoms with E-state index in [1.807, 2.05) is 0 Å². The number of nitrogens with zero attached hydrogens (tertiary/aromatic N) is 4. The van der Waals surface area contributed by atoms with Crippen molar-refractivity contribution in [2.45, 2.75) is 13.1 Å². The summed E-state index contributed by atoms with van der Waals surface area (Å²) in [5.74, 6) is 0. The third-order valence-electron chi connectivity index (χ3n) is 3.55. The van der Waals surface area contributed by atoms with Crippen LogP contribution in [0.15, 0.2) is 41.1 Å². The molecule has 0 spiro atoms. The van der Waals surface area contributed by atoms with E-state index >= 15 is 0 Å². The summed E-state index contributed by atoms with van der Waals surface area (Å²) in [6.45, 7) is 1.78. The van der Waals surface area contributed by atoms with Crippen molar-refractivity contribution in [3.63, 3.8) is 0 Å². The molecule has 0 saturated heterocycles. The number of alkyl halides is 3. The molecule has 0 aliphatic rings. The van der Waals surface area contributed by atoms with E-state index in [0.717, 1.165) is 12.1 Å². The Morgan fingerprint density at radius 2 is 1.74 bits per heavy atom. The zero-order valence-electron chi connectivity index (χ0n) is 11.8. The van der Waals surface area contributed by atoms with Crippen LogP contribution in [0, 0.1) is 6.92 Å². The number of aromatic nitrogens is 4. The first kappa shape index (κ1) is 13.7. The van der Waals surface area contributed by atoms with Gasteiger partial charge >= 0.3 is 6.18 Å². The molecule has 0 atom stereocenters. The second kappa shape index (κ2) is 4.55. The second-order valence-electron chi connectivity index (χ2n) is 5.03. The van der Waals surface area contributed by atoms with Gasteiger partial charge in [-0.25, -0.2) is 9.97 Å². The summed E-state index contributed by atoms with van der Waals surface area (Å²) in [6.07, 6.45) is -1.32. The van der Waals surface area contributed by atoms with Crippen LogP contribution in [0.5, 0.6) is 0 Å². The maximum absolute atomic E-state index is 12.7. The Labute approximate surface area is 127 Å². The van der Waals surface area contributed by atoms with Crippen LogP contribution in [0.25, 0.3) is 28.0 Å². The van der Waals surface area contributed by atoms with Crippen molar-refractivity contribution in [1.29, 1.82) is 0 Å². The Morgan fingerprint density at radius 1 is 1.04 bits per heavy atom. The molecule has 3 aromatic heterocycles. The number of furan rings is 1. The highest BCUT2D eigenvalue weighted by Crippen LogP contribution is 2.32. The molecule has 0 radical (unpaired) electrons. The number of benzene rings is 1. The third-order valence-corrected chi connectivity index (χ3v) is 3.55. The van der Waals surface area contributed by atoms with E-state index in [-0.39, 0.29) is 0 Å². The molecule has 23 heavy (non-hydrogen) atoms. The zero-order chi connectivity index (χ0) is 16.2. The summed E-state index contributed by atoms with van der Waals surface area (Å²) in [7, 11) is 0. The monoisotopic (exact) mass is 318 g/mol. The quantitative estimate of drug-likeness (QED) is 0.534. The van der Waals surface area contributed by atoms with Gasteiger partial charge in [0.2, 0.25) is 11.4 Å². The van der Waals surface area contributed by atoms with Crippen LogP contribution in [0.1, 0.15) is 11.3 Å². The molecule has 0 N–H and O–H groups in total. The third kappa shape index (κ3) is 2.06. The predicted octanol–water partition coefficient (Wildman–Crippen LogP) is 3.89. The summed E-state index contributed by atoms with van der Waals surface area (Å²) in [6, 6.07) is 4.72. The van der Waals surface area contributed by atoms with E-state index in [0.29, 0.717) is 33.7 Å². The van der Waals surface area contributed by atoms with Gasteiger partial charge in [0.15, 0.2) is 0 Å². The van der Waals surface area contributed by atoms with E-state index < -0.39 is 11.7 Å². The normalized spacial score (nSPS) is 12.3. The molecular weight excluding hydrogens is 309 g/mol. The lowest BCUT2D eigenvalue weighted by atomic mass is 10.2. The number of fused-ring (bicyclic) bond motifs is 3. The highest BCUT2D eigenvalue weighted by molar-refractivity contribution is 6.01. The van der Waals surface area contributed by atoms with Gasteiger partial charge in [-0.3, -0.25) is 0 Å². The fourth-order valence-corrected chi connectivity index (χ4v) is 2.50. The number of hydrogen-bond acceptors (Lipinski definition) is 4. The van der Waals surface area contributed by atoms with Gasteiger partial charge in [0.1, 0.15) is 5.52 Å². The molecule has 1 aromatic carbocycles. The van der Waals surface area contributed by atoms with Crippen molar-refractivity contribution in [2.75, 3.05) is 0 Å². The Hall–Kier alpha value is -2.90. The molecule has 0 bridgehead atoms. The van der Waals surface area contributed by atoms with E-state index in [1.54, 1.807) is 13.1 Å². The number of rotatable bonds is 1. The van der Waals surface area contributed by atoms with Crippen molar-refractivity contribution in [3.05, 3.63) is 47.9 Å². The molecule has 4 aromatic rings. The van der Waals surface area contributed by atoms with E-state index in [2.05, 4.69) is 15.1 Å². The molecule has 116 valence electrons. The maximum atomic E-state index is 12.7. The standard InChI is InChI=1S/C15H9F3N4O/c1-8-11-12-13(20-7-6-19-12)23-14(11)22(21-8)10-4-2-9(3-5-10)15(16,17)18/h2-7H,1H3. The van der Waals surface area contributed by atoms with E-state index in [9.17, 15) is 13.2 Å². The minimum absolute atomic E-state index is 0.365. The molecular formula is C15H9F3N4O. The SMILES string of the molecule is Cc1nn(-c2ccc(C(F)(F)F)cc2)c2oc3nccnc3c12. The lowest BCUT2D eigenvalue weighted by molar-refractivity contribution is -0.137. The Bertz CT molecular complexity index is 1010.